The number of ketones is 1. The van der Waals surface area contributed by atoms with Crippen LogP contribution in [0.4, 0.5) is 0 Å². The lowest BCUT2D eigenvalue weighted by Crippen LogP contribution is -2.09. The molecule has 0 unspecified atom stereocenters. The number of carbonyl (C=O) groups excluding carboxylic acids is 2. The van der Waals surface area contributed by atoms with Crippen LogP contribution in [0, 0.1) is 0 Å². The molecule has 0 saturated heterocycles. The minimum absolute atomic E-state index is 0.146. The summed E-state index contributed by atoms with van der Waals surface area (Å²) in [6, 6.07) is 14.0. The van der Waals surface area contributed by atoms with Crippen LogP contribution in [0.25, 0.3) is 21.5 Å². The zero-order valence-corrected chi connectivity index (χ0v) is 16.7. The molecule has 3 aromatic rings. The lowest BCUT2D eigenvalue weighted by Gasteiger charge is -2.16. The van der Waals surface area contributed by atoms with Gasteiger partial charge in [-0.05, 0) is 37.8 Å². The Balaban J connectivity index is 2.02. The predicted molar refractivity (Wildman–Crippen MR) is 112 cm³/mol. The van der Waals surface area contributed by atoms with Crippen molar-refractivity contribution in [3.05, 3.63) is 48.0 Å². The molecule has 3 aromatic carbocycles. The summed E-state index contributed by atoms with van der Waals surface area (Å²) in [6.07, 6.45) is 3.06. The Labute approximate surface area is 165 Å². The molecule has 0 aliphatic heterocycles. The highest BCUT2D eigenvalue weighted by atomic mass is 16.5. The first-order chi connectivity index (χ1) is 13.5. The number of fused-ring (bicyclic) bond motifs is 2. The maximum absolute atomic E-state index is 12.5. The van der Waals surface area contributed by atoms with Gasteiger partial charge in [0.15, 0.2) is 0 Å². The minimum Gasteiger partial charge on any atom is -0.495 e. The minimum atomic E-state index is -0.278. The molecular weight excluding hydrogens is 352 g/mol. The number of hydrogen-bond acceptors (Lipinski definition) is 4. The molecule has 0 radical (unpaired) electrons. The third kappa shape index (κ3) is 4.16. The molecule has 0 saturated carbocycles. The molecule has 3 rings (SSSR count). The normalized spacial score (nSPS) is 11.0. The highest BCUT2D eigenvalue weighted by Crippen LogP contribution is 2.43. The van der Waals surface area contributed by atoms with Gasteiger partial charge in [0.2, 0.25) is 0 Å². The molecule has 0 N–H and O–H groups in total. The van der Waals surface area contributed by atoms with E-state index in [9.17, 15) is 9.59 Å². The van der Waals surface area contributed by atoms with Crippen molar-refractivity contribution < 1.29 is 19.1 Å². The summed E-state index contributed by atoms with van der Waals surface area (Å²) in [5.74, 6) is 1.24. The first kappa shape index (κ1) is 19.9. The average molecular weight is 378 g/mol. The molecule has 0 heterocycles. The monoisotopic (exact) mass is 378 g/mol. The summed E-state index contributed by atoms with van der Waals surface area (Å²) in [5, 5.41) is 3.59. The van der Waals surface area contributed by atoms with Gasteiger partial charge in [0.1, 0.15) is 17.3 Å². The third-order valence-electron chi connectivity index (χ3n) is 4.98. The topological polar surface area (TPSA) is 52.6 Å². The van der Waals surface area contributed by atoms with Gasteiger partial charge in [-0.15, -0.1) is 0 Å². The molecule has 0 amide bonds. The van der Waals surface area contributed by atoms with Crippen molar-refractivity contribution >= 4 is 33.3 Å². The number of unbranched alkanes of at least 4 members (excludes halogenated alkanes) is 1. The summed E-state index contributed by atoms with van der Waals surface area (Å²) >= 11 is 0. The van der Waals surface area contributed by atoms with E-state index in [1.54, 1.807) is 14.0 Å². The largest absolute Gasteiger partial charge is 0.495 e. The number of carbonyl (C=O) groups is 2. The number of methoxy groups -OCH3 is 1. The van der Waals surface area contributed by atoms with Crippen molar-refractivity contribution in [2.45, 2.75) is 46.0 Å². The lowest BCUT2D eigenvalue weighted by atomic mass is 9.98. The molecule has 0 aliphatic rings. The highest BCUT2D eigenvalue weighted by Gasteiger charge is 2.18. The molecule has 0 spiro atoms. The molecule has 0 aliphatic carbocycles. The second-order valence-corrected chi connectivity index (χ2v) is 7.02. The second-order valence-electron chi connectivity index (χ2n) is 7.02. The summed E-state index contributed by atoms with van der Waals surface area (Å²) < 4.78 is 11.6. The van der Waals surface area contributed by atoms with E-state index in [1.165, 1.54) is 5.56 Å². The molecule has 0 aromatic heterocycles. The van der Waals surface area contributed by atoms with Gasteiger partial charge in [-0.25, -0.2) is 0 Å². The van der Waals surface area contributed by atoms with E-state index in [1.807, 2.05) is 30.3 Å². The standard InChI is InChI=1S/C24H26O4/c1-4-17-13-14-20-21(15-17)23(27-3)18-10-6-7-11-19(18)24(20)28-22(26)12-8-5-9-16(2)25/h6-7,10-11,13-15H,4-5,8-9,12H2,1-3H3. The third-order valence-corrected chi connectivity index (χ3v) is 4.98. The molecule has 0 atom stereocenters. The summed E-state index contributed by atoms with van der Waals surface area (Å²) in [5.41, 5.74) is 1.20. The number of Topliss-reactive ketones (excluding diaryl/α,β-unsaturated/α-hetero) is 1. The number of rotatable bonds is 8. The smallest absolute Gasteiger partial charge is 0.311 e. The Morgan fingerprint density at radius 1 is 0.857 bits per heavy atom. The first-order valence-corrected chi connectivity index (χ1v) is 9.76. The van der Waals surface area contributed by atoms with Gasteiger partial charge in [0.05, 0.1) is 7.11 Å². The Hall–Kier alpha value is -2.88. The van der Waals surface area contributed by atoms with Crippen LogP contribution in [0.15, 0.2) is 42.5 Å². The molecule has 0 fully saturated rings. The van der Waals surface area contributed by atoms with E-state index in [0.29, 0.717) is 31.4 Å². The second kappa shape index (κ2) is 8.87. The van der Waals surface area contributed by atoms with Gasteiger partial charge in [0, 0.05) is 34.4 Å². The van der Waals surface area contributed by atoms with Gasteiger partial charge < -0.3 is 14.3 Å². The van der Waals surface area contributed by atoms with Crippen LogP contribution < -0.4 is 9.47 Å². The van der Waals surface area contributed by atoms with Crippen LogP contribution in [0.2, 0.25) is 0 Å². The van der Waals surface area contributed by atoms with E-state index in [4.69, 9.17) is 9.47 Å². The number of aryl methyl sites for hydroxylation is 1. The number of benzene rings is 3. The van der Waals surface area contributed by atoms with Gasteiger partial charge in [0.25, 0.3) is 0 Å². The van der Waals surface area contributed by atoms with Crippen molar-refractivity contribution in [2.24, 2.45) is 0 Å². The number of ether oxygens (including phenoxy) is 2. The zero-order valence-electron chi connectivity index (χ0n) is 16.7. The first-order valence-electron chi connectivity index (χ1n) is 9.76. The quantitative estimate of drug-likeness (QED) is 0.221. The molecule has 4 heteroatoms. The predicted octanol–water partition coefficient (Wildman–Crippen LogP) is 5.62. The molecule has 0 bridgehead atoms. The Bertz CT molecular complexity index is 1020. The van der Waals surface area contributed by atoms with Gasteiger partial charge in [-0.1, -0.05) is 43.3 Å². The molecular formula is C24H26O4. The summed E-state index contributed by atoms with van der Waals surface area (Å²) in [6.45, 7) is 3.68. The van der Waals surface area contributed by atoms with E-state index in [2.05, 4.69) is 19.1 Å². The summed E-state index contributed by atoms with van der Waals surface area (Å²) in [4.78, 5) is 23.5. The van der Waals surface area contributed by atoms with Crippen LogP contribution in [0.5, 0.6) is 11.5 Å². The van der Waals surface area contributed by atoms with Crippen LogP contribution >= 0.6 is 0 Å². The highest BCUT2D eigenvalue weighted by molar-refractivity contribution is 6.12. The average Bonchev–Trinajstić information content (AvgIpc) is 2.70. The fourth-order valence-corrected chi connectivity index (χ4v) is 3.50. The van der Waals surface area contributed by atoms with Crippen molar-refractivity contribution in [3.63, 3.8) is 0 Å². The van der Waals surface area contributed by atoms with Crippen LogP contribution in [0.1, 0.15) is 45.1 Å². The Morgan fingerprint density at radius 2 is 1.50 bits per heavy atom. The lowest BCUT2D eigenvalue weighted by molar-refractivity contribution is -0.134. The molecule has 146 valence electrons. The fraction of sp³-hybridized carbons (Fsp3) is 0.333. The number of hydrogen-bond donors (Lipinski definition) is 0. The van der Waals surface area contributed by atoms with E-state index in [0.717, 1.165) is 33.7 Å². The van der Waals surface area contributed by atoms with Crippen molar-refractivity contribution in [2.75, 3.05) is 7.11 Å². The Morgan fingerprint density at radius 3 is 2.14 bits per heavy atom. The number of esters is 1. The Kier molecular flexibility index (Phi) is 6.30. The van der Waals surface area contributed by atoms with Gasteiger partial charge >= 0.3 is 5.97 Å². The van der Waals surface area contributed by atoms with Crippen LogP contribution in [-0.2, 0) is 16.0 Å². The zero-order chi connectivity index (χ0) is 20.1. The molecule has 4 nitrogen and oxygen atoms in total. The SMILES string of the molecule is CCc1ccc2c(OC(=O)CCCCC(C)=O)c3ccccc3c(OC)c2c1. The van der Waals surface area contributed by atoms with E-state index < -0.39 is 0 Å². The van der Waals surface area contributed by atoms with Gasteiger partial charge in [-0.3, -0.25) is 4.79 Å². The summed E-state index contributed by atoms with van der Waals surface area (Å²) in [7, 11) is 1.67. The van der Waals surface area contributed by atoms with Crippen molar-refractivity contribution in [1.82, 2.24) is 0 Å². The van der Waals surface area contributed by atoms with Crippen LogP contribution in [0.3, 0.4) is 0 Å². The van der Waals surface area contributed by atoms with Gasteiger partial charge in [-0.2, -0.15) is 0 Å². The van der Waals surface area contributed by atoms with Crippen molar-refractivity contribution in [1.29, 1.82) is 0 Å². The molecule has 28 heavy (non-hydrogen) atoms. The van der Waals surface area contributed by atoms with Crippen molar-refractivity contribution in [3.8, 4) is 11.5 Å². The van der Waals surface area contributed by atoms with E-state index >= 15 is 0 Å². The maximum Gasteiger partial charge on any atom is 0.311 e. The van der Waals surface area contributed by atoms with Crippen LogP contribution in [-0.4, -0.2) is 18.9 Å². The fourth-order valence-electron chi connectivity index (χ4n) is 3.50. The maximum atomic E-state index is 12.5. The van der Waals surface area contributed by atoms with E-state index in [-0.39, 0.29) is 11.8 Å².